The number of allylic oxidation sites excluding steroid dienone is 1. The maximum absolute atomic E-state index is 13.8. The molecule has 0 saturated heterocycles. The van der Waals surface area contributed by atoms with Crippen molar-refractivity contribution >= 4 is 36.7 Å². The third-order valence-electron chi connectivity index (χ3n) is 5.82. The molecule has 6 nitrogen and oxygen atoms in total. The van der Waals surface area contributed by atoms with Crippen molar-refractivity contribution in [3.05, 3.63) is 116 Å². The summed E-state index contributed by atoms with van der Waals surface area (Å²) in [5, 5.41) is 0.675. The number of pyridine rings is 1. The molecule has 0 aliphatic carbocycles. The van der Waals surface area contributed by atoms with Crippen molar-refractivity contribution in [3.63, 3.8) is 0 Å². The average molecular weight is 523 g/mol. The minimum atomic E-state index is -4.08. The molecule has 1 aliphatic heterocycles. The van der Waals surface area contributed by atoms with Crippen LogP contribution in [0.1, 0.15) is 17.0 Å². The van der Waals surface area contributed by atoms with Gasteiger partial charge in [-0.2, -0.15) is 0 Å². The third kappa shape index (κ3) is 3.37. The Labute approximate surface area is 199 Å². The second-order valence-electron chi connectivity index (χ2n) is 7.76. The number of hydrogen-bond acceptors (Lipinski definition) is 5. The van der Waals surface area contributed by atoms with Crippen LogP contribution in [0.25, 0.3) is 10.9 Å². The molecule has 2 N–H and O–H groups in total. The summed E-state index contributed by atoms with van der Waals surface area (Å²) >= 11 is 3.46. The fourth-order valence-corrected chi connectivity index (χ4v) is 6.36. The summed E-state index contributed by atoms with van der Waals surface area (Å²) in [4.78, 5) is 13.6. The minimum absolute atomic E-state index is 0.0765. The fourth-order valence-electron chi connectivity index (χ4n) is 4.31. The second kappa shape index (κ2) is 7.90. The lowest BCUT2D eigenvalue weighted by Crippen LogP contribution is -2.33. The Bertz CT molecular complexity index is 1610. The molecule has 0 bridgehead atoms. The van der Waals surface area contributed by atoms with E-state index in [4.69, 9.17) is 10.5 Å². The van der Waals surface area contributed by atoms with E-state index >= 15 is 0 Å². The second-order valence-corrected chi connectivity index (χ2v) is 10.6. The summed E-state index contributed by atoms with van der Waals surface area (Å²) in [6.07, 6.45) is 0. The first kappa shape index (κ1) is 21.5. The Morgan fingerprint density at radius 1 is 0.970 bits per heavy atom. The van der Waals surface area contributed by atoms with Gasteiger partial charge in [0.05, 0.1) is 21.9 Å². The van der Waals surface area contributed by atoms with Gasteiger partial charge in [-0.1, -0.05) is 58.4 Å². The summed E-state index contributed by atoms with van der Waals surface area (Å²) in [7, 11) is -2.42. The van der Waals surface area contributed by atoms with Crippen molar-refractivity contribution in [2.24, 2.45) is 12.8 Å². The van der Waals surface area contributed by atoms with Gasteiger partial charge in [-0.05, 0) is 42.0 Å². The molecule has 3 aromatic carbocycles. The molecule has 33 heavy (non-hydrogen) atoms. The van der Waals surface area contributed by atoms with Gasteiger partial charge < -0.3 is 15.0 Å². The number of nitrogens with zero attached hydrogens (tertiary/aromatic N) is 1. The number of halogens is 1. The fraction of sp³-hybridized carbons (Fsp3) is 0.0800. The van der Waals surface area contributed by atoms with Gasteiger partial charge in [0.15, 0.2) is 0 Å². The smallest absolute Gasteiger partial charge is 0.258 e. The first-order valence-corrected chi connectivity index (χ1v) is 12.4. The zero-order valence-electron chi connectivity index (χ0n) is 17.5. The molecular formula is C25H19BrN2O4S. The highest BCUT2D eigenvalue weighted by Crippen LogP contribution is 2.47. The predicted octanol–water partition coefficient (Wildman–Crippen LogP) is 4.43. The molecule has 0 saturated carbocycles. The number of benzene rings is 3. The maximum atomic E-state index is 13.8. The zero-order chi connectivity index (χ0) is 23.3. The lowest BCUT2D eigenvalue weighted by molar-refractivity contribution is 0.397. The Morgan fingerprint density at radius 3 is 2.39 bits per heavy atom. The normalized spacial score (nSPS) is 15.9. The van der Waals surface area contributed by atoms with E-state index in [0.29, 0.717) is 16.5 Å². The largest absolute Gasteiger partial charge is 0.439 e. The molecule has 166 valence electrons. The highest BCUT2D eigenvalue weighted by molar-refractivity contribution is 9.10. The van der Waals surface area contributed by atoms with Gasteiger partial charge in [0.25, 0.3) is 5.56 Å². The molecule has 0 spiro atoms. The lowest BCUT2D eigenvalue weighted by Gasteiger charge is -2.30. The van der Waals surface area contributed by atoms with Crippen LogP contribution in [0.2, 0.25) is 0 Å². The van der Waals surface area contributed by atoms with E-state index < -0.39 is 15.8 Å². The van der Waals surface area contributed by atoms with Crippen molar-refractivity contribution in [2.45, 2.75) is 10.8 Å². The number of fused-ring (bicyclic) bond motifs is 3. The molecule has 4 aromatic rings. The van der Waals surface area contributed by atoms with Gasteiger partial charge in [-0.25, -0.2) is 8.42 Å². The van der Waals surface area contributed by atoms with Crippen molar-refractivity contribution in [1.82, 2.24) is 4.57 Å². The number of rotatable bonds is 3. The molecule has 0 fully saturated rings. The van der Waals surface area contributed by atoms with Gasteiger partial charge in [-0.3, -0.25) is 4.79 Å². The number of aromatic nitrogens is 1. The highest BCUT2D eigenvalue weighted by atomic mass is 79.9. The van der Waals surface area contributed by atoms with Crippen molar-refractivity contribution in [2.75, 3.05) is 0 Å². The molecule has 0 radical (unpaired) electrons. The number of para-hydroxylation sites is 1. The molecule has 1 unspecified atom stereocenters. The Morgan fingerprint density at radius 2 is 1.67 bits per heavy atom. The number of nitrogens with two attached hydrogens (primary N) is 1. The van der Waals surface area contributed by atoms with Crippen molar-refractivity contribution in [3.8, 4) is 5.75 Å². The van der Waals surface area contributed by atoms with Crippen molar-refractivity contribution < 1.29 is 13.2 Å². The van der Waals surface area contributed by atoms with Crippen LogP contribution in [-0.2, 0) is 16.9 Å². The van der Waals surface area contributed by atoms with E-state index in [0.717, 1.165) is 4.47 Å². The van der Waals surface area contributed by atoms with Crippen LogP contribution in [0, 0.1) is 0 Å². The topological polar surface area (TPSA) is 91.4 Å². The lowest BCUT2D eigenvalue weighted by atomic mass is 9.88. The molecule has 8 heteroatoms. The summed E-state index contributed by atoms with van der Waals surface area (Å²) < 4.78 is 35.8. The zero-order valence-corrected chi connectivity index (χ0v) is 19.9. The highest BCUT2D eigenvalue weighted by Gasteiger charge is 2.41. The summed E-state index contributed by atoms with van der Waals surface area (Å²) in [5.41, 5.74) is 7.48. The van der Waals surface area contributed by atoms with Crippen LogP contribution in [0.5, 0.6) is 5.75 Å². The maximum Gasteiger partial charge on any atom is 0.258 e. The van der Waals surface area contributed by atoms with Gasteiger partial charge in [0.2, 0.25) is 15.7 Å². The molecular weight excluding hydrogens is 504 g/mol. The minimum Gasteiger partial charge on any atom is -0.439 e. The van der Waals surface area contributed by atoms with Crippen LogP contribution in [0.3, 0.4) is 0 Å². The van der Waals surface area contributed by atoms with E-state index in [1.807, 2.05) is 30.3 Å². The van der Waals surface area contributed by atoms with E-state index in [9.17, 15) is 13.2 Å². The molecule has 1 aliphatic rings. The van der Waals surface area contributed by atoms with Crippen LogP contribution < -0.4 is 16.0 Å². The monoisotopic (exact) mass is 522 g/mol. The first-order valence-electron chi connectivity index (χ1n) is 10.2. The summed E-state index contributed by atoms with van der Waals surface area (Å²) in [6, 6.07) is 22.5. The van der Waals surface area contributed by atoms with E-state index in [1.54, 1.807) is 43.4 Å². The van der Waals surface area contributed by atoms with Gasteiger partial charge in [0, 0.05) is 16.9 Å². The molecule has 2 heterocycles. The van der Waals surface area contributed by atoms with Crippen LogP contribution in [0.15, 0.2) is 104 Å². The van der Waals surface area contributed by atoms with Gasteiger partial charge >= 0.3 is 0 Å². The van der Waals surface area contributed by atoms with Crippen LogP contribution >= 0.6 is 15.9 Å². The van der Waals surface area contributed by atoms with Crippen LogP contribution in [-0.4, -0.2) is 13.0 Å². The molecule has 1 aromatic heterocycles. The molecule has 0 amide bonds. The van der Waals surface area contributed by atoms with E-state index in [-0.39, 0.29) is 32.6 Å². The Hall–Kier alpha value is -3.36. The number of sulfone groups is 1. The molecule has 5 rings (SSSR count). The SMILES string of the molecule is Cn1c(=O)c2c(c3ccccc31)OC(N)=C(S(=O)(=O)c1ccccc1)C2c1cccc(Br)c1. The first-order chi connectivity index (χ1) is 15.8. The van der Waals surface area contributed by atoms with E-state index in [2.05, 4.69) is 15.9 Å². The average Bonchev–Trinajstić information content (AvgIpc) is 2.82. The third-order valence-corrected chi connectivity index (χ3v) is 8.22. The van der Waals surface area contributed by atoms with Gasteiger partial charge in [-0.15, -0.1) is 0 Å². The standard InChI is InChI=1S/C25H19BrN2O4S/c1-28-19-13-6-5-12-18(19)22-21(25(28)29)20(15-8-7-9-16(26)14-15)23(24(27)32-22)33(30,31)17-10-3-2-4-11-17/h2-14,20H,27H2,1H3. The van der Waals surface area contributed by atoms with Crippen LogP contribution in [0.4, 0.5) is 0 Å². The summed E-state index contributed by atoms with van der Waals surface area (Å²) in [6.45, 7) is 0. The van der Waals surface area contributed by atoms with Gasteiger partial charge in [0.1, 0.15) is 10.7 Å². The summed E-state index contributed by atoms with van der Waals surface area (Å²) in [5.74, 6) is -0.905. The Kier molecular flexibility index (Phi) is 5.14. The predicted molar refractivity (Wildman–Crippen MR) is 131 cm³/mol. The Balaban J connectivity index is 1.90. The number of aryl methyl sites for hydroxylation is 1. The van der Waals surface area contributed by atoms with E-state index in [1.165, 1.54) is 16.7 Å². The molecule has 1 atom stereocenters. The van der Waals surface area contributed by atoms with Crippen molar-refractivity contribution in [1.29, 1.82) is 0 Å². The number of ether oxygens (including phenoxy) is 1. The quantitative estimate of drug-likeness (QED) is 0.429. The number of hydrogen-bond donors (Lipinski definition) is 1.